The van der Waals surface area contributed by atoms with Gasteiger partial charge in [-0.2, -0.15) is 16.2 Å². The molecule has 0 aliphatic heterocycles. The van der Waals surface area contributed by atoms with Crippen LogP contribution in [-0.4, -0.2) is 9.78 Å². The van der Waals surface area contributed by atoms with E-state index in [4.69, 9.17) is 17.0 Å². The Labute approximate surface area is 174 Å². The Bertz CT molecular complexity index is 859. The van der Waals surface area contributed by atoms with Gasteiger partial charge in [0.1, 0.15) is 0 Å². The largest absolute Gasteiger partial charge is 0.260 e. The van der Waals surface area contributed by atoms with Gasteiger partial charge in [-0.05, 0) is 11.8 Å². The van der Waals surface area contributed by atoms with Crippen molar-refractivity contribution in [1.82, 2.24) is 9.78 Å². The minimum Gasteiger partial charge on any atom is -0.260 e. The van der Waals surface area contributed by atoms with Crippen molar-refractivity contribution in [3.63, 3.8) is 0 Å². The van der Waals surface area contributed by atoms with Crippen LogP contribution in [0.2, 0.25) is 0 Å². The number of halogens is 2. The molecule has 1 aliphatic rings. The maximum absolute atomic E-state index is 4.93. The summed E-state index contributed by atoms with van der Waals surface area (Å²) in [5.74, 6) is 0.560. The van der Waals surface area contributed by atoms with E-state index in [1.165, 1.54) is 27.5 Å². The van der Waals surface area contributed by atoms with E-state index in [2.05, 4.69) is 75.3 Å². The molecule has 1 unspecified atom stereocenters. The Morgan fingerprint density at radius 1 is 1.15 bits per heavy atom. The van der Waals surface area contributed by atoms with Crippen LogP contribution in [0.15, 0.2) is 71.6 Å². The third-order valence-electron chi connectivity index (χ3n) is 4.61. The maximum Gasteiger partial charge on any atom is 0.0493 e. The normalized spacial score (nSPS) is 15.6. The Balaban J connectivity index is 0.000000175. The Hall–Kier alpha value is -1.02. The van der Waals surface area contributed by atoms with Crippen LogP contribution in [0, 0.1) is 12.0 Å². The first-order valence-corrected chi connectivity index (χ1v) is 14.7. The first-order chi connectivity index (χ1) is 12.5. The van der Waals surface area contributed by atoms with Crippen molar-refractivity contribution >= 4 is 27.8 Å². The van der Waals surface area contributed by atoms with Gasteiger partial charge in [0.2, 0.25) is 0 Å². The van der Waals surface area contributed by atoms with Crippen LogP contribution in [0.25, 0.3) is 16.5 Å². The summed E-state index contributed by atoms with van der Waals surface area (Å²) in [5, 5.41) is 6.72. The second-order valence-corrected chi connectivity index (χ2v) is 9.90. The number of rotatable bonds is 1. The van der Waals surface area contributed by atoms with Crippen molar-refractivity contribution in [2.75, 3.05) is 0 Å². The Kier molecular flexibility index (Phi) is 8.47. The maximum atomic E-state index is 4.93. The van der Waals surface area contributed by atoms with Gasteiger partial charge >= 0.3 is 37.9 Å². The van der Waals surface area contributed by atoms with E-state index in [0.717, 1.165) is 5.69 Å². The van der Waals surface area contributed by atoms with Crippen LogP contribution in [0.4, 0.5) is 0 Å². The van der Waals surface area contributed by atoms with Crippen LogP contribution in [0.3, 0.4) is 0 Å². The molecule has 1 aromatic heterocycles. The average Bonchev–Trinajstić information content (AvgIpc) is 3.34. The molecule has 4 rings (SSSR count). The standard InChI is InChI=1S/C12H9N2.C9H13.2ClH.Zr/c1-2-5-11-9-12(8-10(11)4-1)14-7-3-6-13-14;1-6-5-7(2)9(4)8(6)3;;;/h1-9H;6H,1-4H3;2*1H;/q2*-1;;;+4/p-2. The van der Waals surface area contributed by atoms with Gasteiger partial charge in [-0.3, -0.25) is 10.8 Å². The van der Waals surface area contributed by atoms with Crippen molar-refractivity contribution in [2.24, 2.45) is 5.92 Å². The van der Waals surface area contributed by atoms with Gasteiger partial charge < -0.3 is 0 Å². The zero-order chi connectivity index (χ0) is 19.1. The number of nitrogens with zero attached hydrogens (tertiary/aromatic N) is 2. The molecule has 2 aromatic carbocycles. The predicted molar refractivity (Wildman–Crippen MR) is 108 cm³/mol. The quantitative estimate of drug-likeness (QED) is 0.361. The molecule has 5 heteroatoms. The minimum absolute atomic E-state index is 0.560. The molecule has 134 valence electrons. The Morgan fingerprint density at radius 3 is 2.31 bits per heavy atom. The van der Waals surface area contributed by atoms with Crippen molar-refractivity contribution in [3.05, 3.63) is 77.7 Å². The molecule has 0 saturated carbocycles. The van der Waals surface area contributed by atoms with Gasteiger partial charge in [0.25, 0.3) is 0 Å². The number of fused-ring (bicyclic) bond motifs is 1. The number of hydrogen-bond donors (Lipinski definition) is 0. The molecule has 2 nitrogen and oxygen atoms in total. The molecule has 1 heterocycles. The van der Waals surface area contributed by atoms with E-state index in [1.807, 2.05) is 16.9 Å². The van der Waals surface area contributed by atoms with E-state index < -0.39 is 20.8 Å². The third-order valence-corrected chi connectivity index (χ3v) is 4.61. The van der Waals surface area contributed by atoms with Crippen LogP contribution >= 0.6 is 17.0 Å². The first-order valence-electron chi connectivity index (χ1n) is 8.37. The fraction of sp³-hybridized carbons (Fsp3) is 0.238. The molecule has 0 bridgehead atoms. The van der Waals surface area contributed by atoms with Crippen LogP contribution in [0.5, 0.6) is 0 Å². The van der Waals surface area contributed by atoms with Gasteiger partial charge in [0.05, 0.1) is 0 Å². The van der Waals surface area contributed by atoms with Crippen LogP contribution in [0.1, 0.15) is 27.7 Å². The van der Waals surface area contributed by atoms with Gasteiger partial charge in [-0.1, -0.05) is 32.8 Å². The topological polar surface area (TPSA) is 17.8 Å². The van der Waals surface area contributed by atoms with Gasteiger partial charge in [0.15, 0.2) is 0 Å². The van der Waals surface area contributed by atoms with Crippen molar-refractivity contribution < 1.29 is 20.8 Å². The summed E-state index contributed by atoms with van der Waals surface area (Å²) in [4.78, 5) is 0. The zero-order valence-electron chi connectivity index (χ0n) is 15.4. The number of allylic oxidation sites excluding steroid dienone is 4. The van der Waals surface area contributed by atoms with Gasteiger partial charge in [-0.25, -0.2) is 5.57 Å². The summed E-state index contributed by atoms with van der Waals surface area (Å²) in [7, 11) is 9.87. The molecule has 0 fully saturated rings. The second-order valence-electron chi connectivity index (χ2n) is 6.16. The summed E-state index contributed by atoms with van der Waals surface area (Å²) in [6.45, 7) is 8.67. The molecular formula is C21H22Cl2N2Zr. The molecule has 0 saturated heterocycles. The zero-order valence-corrected chi connectivity index (χ0v) is 19.4. The Morgan fingerprint density at radius 2 is 1.85 bits per heavy atom. The molecule has 0 N–H and O–H groups in total. The fourth-order valence-corrected chi connectivity index (χ4v) is 2.85. The number of benzene rings is 1. The molecule has 1 aliphatic carbocycles. The minimum atomic E-state index is -0.826. The van der Waals surface area contributed by atoms with Crippen molar-refractivity contribution in [3.8, 4) is 5.69 Å². The fourth-order valence-electron chi connectivity index (χ4n) is 2.85. The van der Waals surface area contributed by atoms with Crippen molar-refractivity contribution in [1.29, 1.82) is 0 Å². The molecule has 0 amide bonds. The molecule has 26 heavy (non-hydrogen) atoms. The average molecular weight is 465 g/mol. The SMILES string of the molecule is CC1=[C-]C(C)C(C)=C1C.[Cl][Zr+2][Cl].c1ccc2[cH-]c(-n3cccn3)cc2c1. The van der Waals surface area contributed by atoms with E-state index in [1.54, 1.807) is 6.20 Å². The summed E-state index contributed by atoms with van der Waals surface area (Å²) in [5.41, 5.74) is 5.37. The monoisotopic (exact) mass is 462 g/mol. The molecule has 0 radical (unpaired) electrons. The van der Waals surface area contributed by atoms with Gasteiger partial charge in [-0.15, -0.1) is 48.0 Å². The van der Waals surface area contributed by atoms with Crippen molar-refractivity contribution in [2.45, 2.75) is 27.7 Å². The van der Waals surface area contributed by atoms with E-state index in [0.29, 0.717) is 5.92 Å². The number of hydrogen-bond acceptors (Lipinski definition) is 1. The van der Waals surface area contributed by atoms with Gasteiger partial charge in [0, 0.05) is 12.4 Å². The van der Waals surface area contributed by atoms with E-state index in [9.17, 15) is 0 Å². The molecular weight excluding hydrogens is 442 g/mol. The van der Waals surface area contributed by atoms with Crippen LogP contribution in [-0.2, 0) is 20.8 Å². The summed E-state index contributed by atoms with van der Waals surface area (Å²) >= 11 is -0.826. The molecule has 3 aromatic rings. The second kappa shape index (κ2) is 10.4. The summed E-state index contributed by atoms with van der Waals surface area (Å²) in [6.07, 6.45) is 7.10. The number of aromatic nitrogens is 2. The third kappa shape index (κ3) is 5.49. The van der Waals surface area contributed by atoms with E-state index >= 15 is 0 Å². The predicted octanol–water partition coefficient (Wildman–Crippen LogP) is 6.84. The summed E-state index contributed by atoms with van der Waals surface area (Å²) < 4.78 is 1.88. The molecule has 0 spiro atoms. The van der Waals surface area contributed by atoms with E-state index in [-0.39, 0.29) is 0 Å². The first kappa shape index (κ1) is 21.3. The van der Waals surface area contributed by atoms with Crippen LogP contribution < -0.4 is 0 Å². The summed E-state index contributed by atoms with van der Waals surface area (Å²) in [6, 6.07) is 14.5. The molecule has 1 atom stereocenters. The smallest absolute Gasteiger partial charge is 0.0493 e.